The van der Waals surface area contributed by atoms with Crippen molar-refractivity contribution in [2.45, 2.75) is 57.8 Å². The van der Waals surface area contributed by atoms with Gasteiger partial charge in [0.25, 0.3) is 0 Å². The maximum Gasteiger partial charge on any atom is 0.222 e. The maximum absolute atomic E-state index is 12.3. The van der Waals surface area contributed by atoms with Crippen LogP contribution in [0.4, 0.5) is 0 Å². The van der Waals surface area contributed by atoms with Gasteiger partial charge in [-0.1, -0.05) is 26.2 Å². The molecule has 2 fully saturated rings. The van der Waals surface area contributed by atoms with Crippen molar-refractivity contribution in [3.8, 4) is 0 Å². The number of hydrogen-bond donors (Lipinski definition) is 1. The summed E-state index contributed by atoms with van der Waals surface area (Å²) in [6, 6.07) is 1.93. The molecular weight excluding hydrogens is 314 g/mol. The summed E-state index contributed by atoms with van der Waals surface area (Å²) >= 11 is 0. The molecule has 0 aromatic carbocycles. The van der Waals surface area contributed by atoms with Crippen LogP contribution < -0.4 is 5.84 Å². The molecule has 0 spiro atoms. The molecule has 6 nitrogen and oxygen atoms in total. The first kappa shape index (κ1) is 16.4. The average Bonchev–Trinajstić information content (AvgIpc) is 2.94. The van der Waals surface area contributed by atoms with Crippen molar-refractivity contribution in [1.82, 2.24) is 19.8 Å². The van der Waals surface area contributed by atoms with E-state index in [-0.39, 0.29) is 5.91 Å². The monoisotopic (exact) mass is 341 g/mol. The predicted octanol–water partition coefficient (Wildman–Crippen LogP) is 2.60. The van der Waals surface area contributed by atoms with Crippen LogP contribution in [0.3, 0.4) is 0 Å². The third-order valence-electron chi connectivity index (χ3n) is 5.71. The molecule has 0 radical (unpaired) electrons. The Kier molecular flexibility index (Phi) is 4.36. The number of hydrogen-bond acceptors (Lipinski definition) is 4. The zero-order chi connectivity index (χ0) is 17.4. The summed E-state index contributed by atoms with van der Waals surface area (Å²) in [7, 11) is 0. The smallest absolute Gasteiger partial charge is 0.222 e. The summed E-state index contributed by atoms with van der Waals surface area (Å²) in [6.45, 7) is 3.95. The summed E-state index contributed by atoms with van der Waals surface area (Å²) in [5, 5.41) is 5.60. The number of pyridine rings is 1. The van der Waals surface area contributed by atoms with Crippen LogP contribution in [-0.4, -0.2) is 38.8 Å². The van der Waals surface area contributed by atoms with Gasteiger partial charge < -0.3 is 10.7 Å². The molecule has 2 aromatic heterocycles. The van der Waals surface area contributed by atoms with Crippen LogP contribution in [0.2, 0.25) is 0 Å². The fourth-order valence-electron chi connectivity index (χ4n) is 4.33. The van der Waals surface area contributed by atoms with Crippen LogP contribution in [0.1, 0.15) is 62.8 Å². The lowest BCUT2D eigenvalue weighted by Crippen LogP contribution is -2.48. The van der Waals surface area contributed by atoms with E-state index in [9.17, 15) is 4.79 Å². The number of aromatic nitrogens is 3. The standard InChI is InChI=1S/C19H27N5O/c1-13-11-23(12-13)17(25)8-7-15-18-16(24(20)22-15)9-10-21-19(18)14-5-3-2-4-6-14/h9-10,13-14H,2-8,11-12,20H2,1H3. The normalized spacial score (nSPS) is 19.3. The Balaban J connectivity index is 1.58. The number of aryl methyl sites for hydroxylation is 1. The molecular formula is C19H27N5O. The van der Waals surface area contributed by atoms with E-state index in [4.69, 9.17) is 10.8 Å². The number of nitrogen functional groups attached to an aromatic ring is 1. The van der Waals surface area contributed by atoms with Crippen molar-refractivity contribution in [2.24, 2.45) is 5.92 Å². The van der Waals surface area contributed by atoms with Gasteiger partial charge in [-0.25, -0.2) is 0 Å². The molecule has 2 N–H and O–H groups in total. The van der Waals surface area contributed by atoms with Crippen molar-refractivity contribution in [1.29, 1.82) is 0 Å². The van der Waals surface area contributed by atoms with Crippen LogP contribution in [-0.2, 0) is 11.2 Å². The highest BCUT2D eigenvalue weighted by molar-refractivity contribution is 5.85. The second kappa shape index (κ2) is 6.65. The van der Waals surface area contributed by atoms with Crippen LogP contribution in [0.25, 0.3) is 10.9 Å². The molecule has 3 heterocycles. The summed E-state index contributed by atoms with van der Waals surface area (Å²) in [6.07, 6.45) is 9.19. The van der Waals surface area contributed by atoms with Crippen LogP contribution >= 0.6 is 0 Å². The highest BCUT2D eigenvalue weighted by atomic mass is 16.2. The third-order valence-corrected chi connectivity index (χ3v) is 5.71. The van der Waals surface area contributed by atoms with Gasteiger partial charge in [-0.15, -0.1) is 0 Å². The van der Waals surface area contributed by atoms with E-state index in [1.165, 1.54) is 36.9 Å². The van der Waals surface area contributed by atoms with E-state index in [0.29, 0.717) is 24.7 Å². The third kappa shape index (κ3) is 3.10. The first-order chi connectivity index (χ1) is 12.1. The predicted molar refractivity (Wildman–Crippen MR) is 97.6 cm³/mol. The number of rotatable bonds is 4. The van der Waals surface area contributed by atoms with Gasteiger partial charge in [-0.05, 0) is 24.8 Å². The zero-order valence-electron chi connectivity index (χ0n) is 14.9. The number of amides is 1. The van der Waals surface area contributed by atoms with Crippen LogP contribution in [0.15, 0.2) is 12.3 Å². The second-order valence-electron chi connectivity index (χ2n) is 7.72. The molecule has 2 aliphatic rings. The van der Waals surface area contributed by atoms with Gasteiger partial charge in [0, 0.05) is 43.4 Å². The van der Waals surface area contributed by atoms with E-state index in [1.54, 1.807) is 0 Å². The number of nitrogens with zero attached hydrogens (tertiary/aromatic N) is 4. The minimum absolute atomic E-state index is 0.223. The lowest BCUT2D eigenvalue weighted by molar-refractivity contribution is -0.137. The van der Waals surface area contributed by atoms with Crippen molar-refractivity contribution >= 4 is 16.8 Å². The molecule has 1 saturated carbocycles. The molecule has 4 rings (SSSR count). The Morgan fingerprint density at radius 2 is 2.04 bits per heavy atom. The number of carbonyl (C=O) groups excluding carboxylic acids is 1. The molecule has 1 aliphatic heterocycles. The topological polar surface area (TPSA) is 77.0 Å². The average molecular weight is 341 g/mol. The molecule has 1 saturated heterocycles. The molecule has 1 aliphatic carbocycles. The highest BCUT2D eigenvalue weighted by Gasteiger charge is 2.28. The fourth-order valence-corrected chi connectivity index (χ4v) is 4.33. The molecule has 0 bridgehead atoms. The lowest BCUT2D eigenvalue weighted by Gasteiger charge is -2.37. The first-order valence-corrected chi connectivity index (χ1v) is 9.53. The van der Waals surface area contributed by atoms with Gasteiger partial charge in [0.05, 0.1) is 16.9 Å². The molecule has 134 valence electrons. The minimum Gasteiger partial charge on any atom is -0.342 e. The summed E-state index contributed by atoms with van der Waals surface area (Å²) in [5.74, 6) is 7.43. The largest absolute Gasteiger partial charge is 0.342 e. The molecule has 1 amide bonds. The summed E-state index contributed by atoms with van der Waals surface area (Å²) in [4.78, 5) is 20.4. The summed E-state index contributed by atoms with van der Waals surface area (Å²) in [5.41, 5.74) is 2.98. The van der Waals surface area contributed by atoms with Gasteiger partial charge in [-0.3, -0.25) is 9.78 Å². The van der Waals surface area contributed by atoms with Crippen molar-refractivity contribution in [3.63, 3.8) is 0 Å². The quantitative estimate of drug-likeness (QED) is 0.867. The van der Waals surface area contributed by atoms with Crippen LogP contribution in [0.5, 0.6) is 0 Å². The summed E-state index contributed by atoms with van der Waals surface area (Å²) < 4.78 is 0. The maximum atomic E-state index is 12.3. The second-order valence-corrected chi connectivity index (χ2v) is 7.72. The van der Waals surface area contributed by atoms with Gasteiger partial charge in [-0.2, -0.15) is 9.89 Å². The Labute approximate surface area is 148 Å². The Morgan fingerprint density at radius 1 is 1.28 bits per heavy atom. The number of fused-ring (bicyclic) bond motifs is 1. The van der Waals surface area contributed by atoms with E-state index < -0.39 is 0 Å². The van der Waals surface area contributed by atoms with Crippen molar-refractivity contribution < 1.29 is 4.79 Å². The zero-order valence-corrected chi connectivity index (χ0v) is 14.9. The molecule has 0 unspecified atom stereocenters. The number of likely N-dealkylation sites (tertiary alicyclic amines) is 1. The van der Waals surface area contributed by atoms with Crippen LogP contribution in [0, 0.1) is 5.92 Å². The molecule has 25 heavy (non-hydrogen) atoms. The molecule has 2 aromatic rings. The lowest BCUT2D eigenvalue weighted by atomic mass is 9.85. The van der Waals surface area contributed by atoms with Gasteiger partial charge in [0.2, 0.25) is 5.91 Å². The Bertz CT molecular complexity index is 771. The van der Waals surface area contributed by atoms with E-state index in [0.717, 1.165) is 35.4 Å². The minimum atomic E-state index is 0.223. The highest BCUT2D eigenvalue weighted by Crippen LogP contribution is 2.36. The molecule has 0 atom stereocenters. The Morgan fingerprint density at radius 3 is 2.76 bits per heavy atom. The fraction of sp³-hybridized carbons (Fsp3) is 0.632. The van der Waals surface area contributed by atoms with Gasteiger partial charge in [0.15, 0.2) is 0 Å². The van der Waals surface area contributed by atoms with Gasteiger partial charge >= 0.3 is 0 Å². The van der Waals surface area contributed by atoms with Crippen molar-refractivity contribution in [2.75, 3.05) is 18.9 Å². The van der Waals surface area contributed by atoms with E-state index in [2.05, 4.69) is 12.0 Å². The number of carbonyl (C=O) groups is 1. The van der Waals surface area contributed by atoms with Crippen molar-refractivity contribution in [3.05, 3.63) is 23.7 Å². The van der Waals surface area contributed by atoms with E-state index >= 15 is 0 Å². The van der Waals surface area contributed by atoms with Gasteiger partial charge in [0.1, 0.15) is 0 Å². The SMILES string of the molecule is CC1CN(C(=O)CCc2nn(N)c3ccnc(C4CCCCC4)c23)C1. The Hall–Kier alpha value is -2.11. The van der Waals surface area contributed by atoms with E-state index in [1.807, 2.05) is 17.2 Å². The first-order valence-electron chi connectivity index (χ1n) is 9.53. The number of nitrogens with two attached hydrogens (primary N) is 1. The molecule has 6 heteroatoms.